The zero-order valence-corrected chi connectivity index (χ0v) is 13.0. The zero-order valence-electron chi connectivity index (χ0n) is 13.0. The van der Waals surface area contributed by atoms with Crippen LogP contribution in [0, 0.1) is 11.3 Å². The van der Waals surface area contributed by atoms with Crippen molar-refractivity contribution in [1.29, 1.82) is 5.26 Å². The molecule has 0 bridgehead atoms. The number of rotatable bonds is 3. The Bertz CT molecular complexity index is 974. The molecule has 0 radical (unpaired) electrons. The van der Waals surface area contributed by atoms with Crippen LogP contribution in [0.1, 0.15) is 12.5 Å². The Morgan fingerprint density at radius 1 is 1.22 bits per heavy atom. The van der Waals surface area contributed by atoms with Crippen LogP contribution in [-0.4, -0.2) is 17.6 Å². The summed E-state index contributed by atoms with van der Waals surface area (Å²) in [6, 6.07) is 16.1. The first kappa shape index (κ1) is 14.9. The van der Waals surface area contributed by atoms with E-state index in [4.69, 9.17) is 5.26 Å². The SMILES string of the molecule is CCn1c2ccccc2c2cc(/C=C(/C#N)C(=O)OC)ccc21. The molecular weight excluding hydrogens is 288 g/mol. The number of ether oxygens (including phenoxy) is 1. The predicted octanol–water partition coefficient (Wildman–Crippen LogP) is 3.89. The van der Waals surface area contributed by atoms with Gasteiger partial charge in [0.05, 0.1) is 7.11 Å². The van der Waals surface area contributed by atoms with E-state index in [0.717, 1.165) is 28.4 Å². The van der Waals surface area contributed by atoms with E-state index in [1.807, 2.05) is 36.4 Å². The van der Waals surface area contributed by atoms with Gasteiger partial charge in [-0.1, -0.05) is 24.3 Å². The Labute approximate surface area is 134 Å². The van der Waals surface area contributed by atoms with E-state index in [0.29, 0.717) is 0 Å². The highest BCUT2D eigenvalue weighted by molar-refractivity contribution is 6.09. The molecule has 0 amide bonds. The second-order valence-corrected chi connectivity index (χ2v) is 5.20. The summed E-state index contributed by atoms with van der Waals surface area (Å²) in [6.45, 7) is 3.00. The summed E-state index contributed by atoms with van der Waals surface area (Å²) in [5.74, 6) is -0.622. The zero-order chi connectivity index (χ0) is 16.4. The fourth-order valence-corrected chi connectivity index (χ4v) is 2.92. The molecule has 1 aromatic heterocycles. The van der Waals surface area contributed by atoms with E-state index in [9.17, 15) is 4.79 Å². The van der Waals surface area contributed by atoms with Gasteiger partial charge in [-0.2, -0.15) is 5.26 Å². The van der Waals surface area contributed by atoms with Crippen molar-refractivity contribution in [2.45, 2.75) is 13.5 Å². The van der Waals surface area contributed by atoms with Crippen LogP contribution in [0.2, 0.25) is 0 Å². The Kier molecular flexibility index (Phi) is 3.86. The van der Waals surface area contributed by atoms with Gasteiger partial charge in [-0.05, 0) is 36.8 Å². The fourth-order valence-electron chi connectivity index (χ4n) is 2.92. The van der Waals surface area contributed by atoms with Gasteiger partial charge in [0.25, 0.3) is 0 Å². The van der Waals surface area contributed by atoms with Crippen molar-refractivity contribution in [2.75, 3.05) is 7.11 Å². The van der Waals surface area contributed by atoms with Gasteiger partial charge < -0.3 is 9.30 Å². The topological polar surface area (TPSA) is 55.0 Å². The largest absolute Gasteiger partial charge is 0.465 e. The van der Waals surface area contributed by atoms with Crippen LogP contribution < -0.4 is 0 Å². The molecule has 2 aromatic carbocycles. The monoisotopic (exact) mass is 304 g/mol. The maximum absolute atomic E-state index is 11.6. The van der Waals surface area contributed by atoms with E-state index in [-0.39, 0.29) is 5.57 Å². The molecule has 23 heavy (non-hydrogen) atoms. The van der Waals surface area contributed by atoms with Crippen LogP contribution in [0.25, 0.3) is 27.9 Å². The lowest BCUT2D eigenvalue weighted by Crippen LogP contribution is -2.02. The molecule has 0 atom stereocenters. The van der Waals surface area contributed by atoms with E-state index in [1.165, 1.54) is 12.6 Å². The maximum atomic E-state index is 11.6. The minimum Gasteiger partial charge on any atom is -0.465 e. The summed E-state index contributed by atoms with van der Waals surface area (Å²) < 4.78 is 6.87. The number of hydrogen-bond acceptors (Lipinski definition) is 3. The minimum absolute atomic E-state index is 0.00826. The Balaban J connectivity index is 2.24. The first-order valence-corrected chi connectivity index (χ1v) is 7.40. The molecule has 0 aliphatic heterocycles. The Hall–Kier alpha value is -3.06. The third-order valence-electron chi connectivity index (χ3n) is 3.95. The molecule has 114 valence electrons. The standard InChI is InChI=1S/C19H16N2O2/c1-3-21-17-7-5-4-6-15(17)16-11-13(8-9-18(16)21)10-14(12-20)19(22)23-2/h4-11H,3H2,1-2H3/b14-10-. The van der Waals surface area contributed by atoms with Gasteiger partial charge in [0.15, 0.2) is 0 Å². The van der Waals surface area contributed by atoms with Crippen LogP contribution in [0.15, 0.2) is 48.0 Å². The van der Waals surface area contributed by atoms with Crippen molar-refractivity contribution in [3.63, 3.8) is 0 Å². The summed E-state index contributed by atoms with van der Waals surface area (Å²) in [6.07, 6.45) is 1.56. The van der Waals surface area contributed by atoms with Crippen molar-refractivity contribution in [3.05, 3.63) is 53.6 Å². The summed E-state index contributed by atoms with van der Waals surface area (Å²) in [7, 11) is 1.27. The highest BCUT2D eigenvalue weighted by Gasteiger charge is 2.11. The first-order chi connectivity index (χ1) is 11.2. The van der Waals surface area contributed by atoms with Gasteiger partial charge >= 0.3 is 5.97 Å². The molecule has 3 aromatic rings. The fraction of sp³-hybridized carbons (Fsp3) is 0.158. The van der Waals surface area contributed by atoms with Crippen LogP contribution >= 0.6 is 0 Å². The van der Waals surface area contributed by atoms with Crippen molar-refractivity contribution < 1.29 is 9.53 Å². The molecule has 0 aliphatic rings. The molecule has 0 fully saturated rings. The van der Waals surface area contributed by atoms with Crippen molar-refractivity contribution in [1.82, 2.24) is 4.57 Å². The molecule has 4 nitrogen and oxygen atoms in total. The summed E-state index contributed by atoms with van der Waals surface area (Å²) in [5, 5.41) is 11.4. The normalized spacial score (nSPS) is 11.6. The number of carbonyl (C=O) groups excluding carboxylic acids is 1. The average Bonchev–Trinajstić information content (AvgIpc) is 2.92. The lowest BCUT2D eigenvalue weighted by molar-refractivity contribution is -0.135. The lowest BCUT2D eigenvalue weighted by Gasteiger charge is -2.03. The minimum atomic E-state index is -0.622. The van der Waals surface area contributed by atoms with Crippen LogP contribution in [0.3, 0.4) is 0 Å². The molecule has 4 heteroatoms. The molecule has 0 aliphatic carbocycles. The van der Waals surface area contributed by atoms with E-state index < -0.39 is 5.97 Å². The number of carbonyl (C=O) groups is 1. The number of methoxy groups -OCH3 is 1. The number of nitrogens with zero attached hydrogens (tertiary/aromatic N) is 2. The number of benzene rings is 2. The van der Waals surface area contributed by atoms with E-state index in [2.05, 4.69) is 28.4 Å². The van der Waals surface area contributed by atoms with Gasteiger partial charge in [-0.15, -0.1) is 0 Å². The lowest BCUT2D eigenvalue weighted by atomic mass is 10.1. The highest BCUT2D eigenvalue weighted by atomic mass is 16.5. The number of hydrogen-bond donors (Lipinski definition) is 0. The Morgan fingerprint density at radius 2 is 1.96 bits per heavy atom. The highest BCUT2D eigenvalue weighted by Crippen LogP contribution is 2.30. The molecule has 1 heterocycles. The van der Waals surface area contributed by atoms with Crippen molar-refractivity contribution in [2.24, 2.45) is 0 Å². The number of aromatic nitrogens is 1. The number of nitriles is 1. The van der Waals surface area contributed by atoms with E-state index in [1.54, 1.807) is 6.08 Å². The van der Waals surface area contributed by atoms with Gasteiger partial charge in [-0.25, -0.2) is 4.79 Å². The smallest absolute Gasteiger partial charge is 0.348 e. The Morgan fingerprint density at radius 3 is 2.65 bits per heavy atom. The van der Waals surface area contributed by atoms with Crippen molar-refractivity contribution >= 4 is 33.9 Å². The number of esters is 1. The second-order valence-electron chi connectivity index (χ2n) is 5.20. The van der Waals surface area contributed by atoms with Crippen molar-refractivity contribution in [3.8, 4) is 6.07 Å². The molecule has 3 rings (SSSR count). The number of fused-ring (bicyclic) bond motifs is 3. The van der Waals surface area contributed by atoms with Gasteiger partial charge in [0.1, 0.15) is 11.6 Å². The van der Waals surface area contributed by atoms with Crippen LogP contribution in [0.4, 0.5) is 0 Å². The van der Waals surface area contributed by atoms with Gasteiger partial charge in [-0.3, -0.25) is 0 Å². The van der Waals surface area contributed by atoms with Gasteiger partial charge in [0.2, 0.25) is 0 Å². The van der Waals surface area contributed by atoms with E-state index >= 15 is 0 Å². The molecule has 0 saturated heterocycles. The third kappa shape index (κ3) is 2.47. The quantitative estimate of drug-likeness (QED) is 0.419. The van der Waals surface area contributed by atoms with Crippen LogP contribution in [-0.2, 0) is 16.1 Å². The maximum Gasteiger partial charge on any atom is 0.348 e. The molecule has 0 saturated carbocycles. The molecular formula is C19H16N2O2. The van der Waals surface area contributed by atoms with Crippen LogP contribution in [0.5, 0.6) is 0 Å². The summed E-state index contributed by atoms with van der Waals surface area (Å²) >= 11 is 0. The third-order valence-corrected chi connectivity index (χ3v) is 3.95. The molecule has 0 unspecified atom stereocenters. The predicted molar refractivity (Wildman–Crippen MR) is 90.7 cm³/mol. The van der Waals surface area contributed by atoms with Gasteiger partial charge in [0, 0.05) is 28.4 Å². The number of aryl methyl sites for hydroxylation is 1. The summed E-state index contributed by atoms with van der Waals surface area (Å²) in [4.78, 5) is 11.6. The molecule has 0 N–H and O–H groups in total. The second kappa shape index (κ2) is 5.98. The summed E-state index contributed by atoms with van der Waals surface area (Å²) in [5.41, 5.74) is 3.12. The average molecular weight is 304 g/mol. The first-order valence-electron chi connectivity index (χ1n) is 7.40. The number of para-hydroxylation sites is 1. The molecule has 0 spiro atoms.